The van der Waals surface area contributed by atoms with Gasteiger partial charge in [-0.05, 0) is 17.7 Å². The molecule has 17 heavy (non-hydrogen) atoms. The molecule has 2 N–H and O–H groups in total. The Balaban J connectivity index is 2.09. The van der Waals surface area contributed by atoms with Gasteiger partial charge in [0.05, 0.1) is 12.1 Å². The fourth-order valence-corrected chi connectivity index (χ4v) is 1.95. The number of benzene rings is 1. The molecule has 4 nitrogen and oxygen atoms in total. The molecule has 84 valence electrons. The van der Waals surface area contributed by atoms with E-state index in [1.54, 1.807) is 6.20 Å². The van der Waals surface area contributed by atoms with Crippen molar-refractivity contribution in [1.82, 2.24) is 14.5 Å². The first-order valence-electron chi connectivity index (χ1n) is 5.44. The second-order valence-electron chi connectivity index (χ2n) is 3.90. The van der Waals surface area contributed by atoms with Gasteiger partial charge in [-0.25, -0.2) is 4.98 Å². The first kappa shape index (κ1) is 9.84. The van der Waals surface area contributed by atoms with Crippen LogP contribution in [-0.2, 0) is 6.54 Å². The Morgan fingerprint density at radius 1 is 1.06 bits per heavy atom. The number of aromatic nitrogens is 3. The predicted octanol–water partition coefficient (Wildman–Crippen LogP) is 2.06. The van der Waals surface area contributed by atoms with E-state index in [9.17, 15) is 0 Å². The zero-order chi connectivity index (χ0) is 11.7. The van der Waals surface area contributed by atoms with Gasteiger partial charge in [0, 0.05) is 24.0 Å². The Morgan fingerprint density at radius 3 is 2.76 bits per heavy atom. The average Bonchev–Trinajstić information content (AvgIpc) is 2.76. The first-order chi connectivity index (χ1) is 8.34. The summed E-state index contributed by atoms with van der Waals surface area (Å²) in [5.74, 6) is 0.533. The third-order valence-electron chi connectivity index (χ3n) is 2.83. The molecule has 0 bridgehead atoms. The standard InChI is InChI=1S/C13H12N4/c14-13-16-7-8-17(13)9-10-5-6-15-12-4-2-1-3-11(10)12/h1-8H,9H2,(H2,14,16). The summed E-state index contributed by atoms with van der Waals surface area (Å²) in [5.41, 5.74) is 7.97. The summed E-state index contributed by atoms with van der Waals surface area (Å²) in [6, 6.07) is 10.1. The Hall–Kier alpha value is -2.36. The molecule has 0 fully saturated rings. The summed E-state index contributed by atoms with van der Waals surface area (Å²) in [7, 11) is 0. The second-order valence-corrected chi connectivity index (χ2v) is 3.90. The van der Waals surface area contributed by atoms with Crippen LogP contribution in [0.25, 0.3) is 10.9 Å². The lowest BCUT2D eigenvalue weighted by atomic mass is 10.1. The quantitative estimate of drug-likeness (QED) is 0.724. The number of pyridine rings is 1. The number of rotatable bonds is 2. The van der Waals surface area contributed by atoms with Crippen molar-refractivity contribution in [2.75, 3.05) is 5.73 Å². The molecule has 0 amide bonds. The molecule has 0 aliphatic rings. The monoisotopic (exact) mass is 224 g/mol. The zero-order valence-corrected chi connectivity index (χ0v) is 9.24. The lowest BCUT2D eigenvalue weighted by Gasteiger charge is -2.07. The molecule has 0 saturated heterocycles. The molecule has 3 aromatic rings. The number of imidazole rings is 1. The number of hydrogen-bond donors (Lipinski definition) is 1. The smallest absolute Gasteiger partial charge is 0.200 e. The molecule has 1 aromatic carbocycles. The summed E-state index contributed by atoms with van der Waals surface area (Å²) < 4.78 is 1.92. The normalized spacial score (nSPS) is 10.8. The van der Waals surface area contributed by atoms with E-state index in [0.717, 1.165) is 17.4 Å². The van der Waals surface area contributed by atoms with Crippen molar-refractivity contribution in [2.45, 2.75) is 6.54 Å². The van der Waals surface area contributed by atoms with Crippen LogP contribution in [0.1, 0.15) is 5.56 Å². The lowest BCUT2D eigenvalue weighted by molar-refractivity contribution is 0.815. The summed E-state index contributed by atoms with van der Waals surface area (Å²) >= 11 is 0. The van der Waals surface area contributed by atoms with Gasteiger partial charge in [-0.15, -0.1) is 0 Å². The SMILES string of the molecule is Nc1nccn1Cc1ccnc2ccccc12. The summed E-state index contributed by atoms with van der Waals surface area (Å²) in [6.45, 7) is 0.717. The van der Waals surface area contributed by atoms with Crippen molar-refractivity contribution in [3.05, 3.63) is 54.5 Å². The van der Waals surface area contributed by atoms with Crippen LogP contribution in [0.3, 0.4) is 0 Å². The minimum absolute atomic E-state index is 0.533. The minimum atomic E-state index is 0.533. The highest BCUT2D eigenvalue weighted by Gasteiger charge is 2.03. The Morgan fingerprint density at radius 2 is 1.94 bits per heavy atom. The van der Waals surface area contributed by atoms with E-state index >= 15 is 0 Å². The van der Waals surface area contributed by atoms with Crippen LogP contribution in [-0.4, -0.2) is 14.5 Å². The van der Waals surface area contributed by atoms with Crippen LogP contribution in [0.15, 0.2) is 48.9 Å². The van der Waals surface area contributed by atoms with Crippen LogP contribution in [0.4, 0.5) is 5.95 Å². The van der Waals surface area contributed by atoms with Gasteiger partial charge in [0.15, 0.2) is 5.95 Å². The predicted molar refractivity (Wildman–Crippen MR) is 67.5 cm³/mol. The Labute approximate surface area is 98.7 Å². The topological polar surface area (TPSA) is 56.7 Å². The summed E-state index contributed by atoms with van der Waals surface area (Å²) in [5, 5.41) is 1.16. The van der Waals surface area contributed by atoms with Gasteiger partial charge < -0.3 is 10.3 Å². The molecule has 0 unspecified atom stereocenters. The molecular formula is C13H12N4. The second kappa shape index (κ2) is 3.90. The maximum atomic E-state index is 5.77. The zero-order valence-electron chi connectivity index (χ0n) is 9.24. The molecular weight excluding hydrogens is 212 g/mol. The van der Waals surface area contributed by atoms with Gasteiger partial charge >= 0.3 is 0 Å². The van der Waals surface area contributed by atoms with Crippen LogP contribution in [0.5, 0.6) is 0 Å². The fourth-order valence-electron chi connectivity index (χ4n) is 1.95. The maximum absolute atomic E-state index is 5.77. The van der Waals surface area contributed by atoms with E-state index in [2.05, 4.69) is 16.0 Å². The molecule has 2 aromatic heterocycles. The van der Waals surface area contributed by atoms with Crippen LogP contribution < -0.4 is 5.73 Å². The van der Waals surface area contributed by atoms with Gasteiger partial charge in [0.2, 0.25) is 0 Å². The van der Waals surface area contributed by atoms with Crippen molar-refractivity contribution < 1.29 is 0 Å². The lowest BCUT2D eigenvalue weighted by Crippen LogP contribution is -2.04. The van der Waals surface area contributed by atoms with Gasteiger partial charge in [-0.3, -0.25) is 4.98 Å². The molecule has 2 heterocycles. The molecule has 0 atom stereocenters. The Kier molecular flexibility index (Phi) is 2.26. The highest BCUT2D eigenvalue weighted by atomic mass is 15.1. The average molecular weight is 224 g/mol. The van der Waals surface area contributed by atoms with Crippen LogP contribution >= 0.6 is 0 Å². The van der Waals surface area contributed by atoms with Crippen molar-refractivity contribution in [1.29, 1.82) is 0 Å². The fraction of sp³-hybridized carbons (Fsp3) is 0.0769. The highest BCUT2D eigenvalue weighted by molar-refractivity contribution is 5.81. The molecule has 0 spiro atoms. The molecule has 3 rings (SSSR count). The number of nitrogens with two attached hydrogens (primary N) is 1. The van der Waals surface area contributed by atoms with Gasteiger partial charge in [-0.2, -0.15) is 0 Å². The van der Waals surface area contributed by atoms with Crippen LogP contribution in [0.2, 0.25) is 0 Å². The number of nitrogens with zero attached hydrogens (tertiary/aromatic N) is 3. The van der Waals surface area contributed by atoms with E-state index < -0.39 is 0 Å². The van der Waals surface area contributed by atoms with Gasteiger partial charge in [-0.1, -0.05) is 18.2 Å². The minimum Gasteiger partial charge on any atom is -0.369 e. The number of para-hydroxylation sites is 1. The van der Waals surface area contributed by atoms with E-state index in [-0.39, 0.29) is 0 Å². The van der Waals surface area contributed by atoms with E-state index in [4.69, 9.17) is 5.73 Å². The highest BCUT2D eigenvalue weighted by Crippen LogP contribution is 2.17. The molecule has 0 radical (unpaired) electrons. The number of anilines is 1. The number of fused-ring (bicyclic) bond motifs is 1. The van der Waals surface area contributed by atoms with Crippen LogP contribution in [0, 0.1) is 0 Å². The largest absolute Gasteiger partial charge is 0.369 e. The molecule has 0 saturated carbocycles. The van der Waals surface area contributed by atoms with Crippen molar-refractivity contribution >= 4 is 16.9 Å². The summed E-state index contributed by atoms with van der Waals surface area (Å²) in [4.78, 5) is 8.36. The number of nitrogen functional groups attached to an aromatic ring is 1. The van der Waals surface area contributed by atoms with E-state index in [1.165, 1.54) is 5.56 Å². The molecule has 4 heteroatoms. The summed E-state index contributed by atoms with van der Waals surface area (Å²) in [6.07, 6.45) is 5.41. The Bertz CT molecular complexity index is 652. The van der Waals surface area contributed by atoms with E-state index in [0.29, 0.717) is 5.95 Å². The van der Waals surface area contributed by atoms with Crippen molar-refractivity contribution in [3.63, 3.8) is 0 Å². The molecule has 0 aliphatic heterocycles. The van der Waals surface area contributed by atoms with Crippen molar-refractivity contribution in [3.8, 4) is 0 Å². The third kappa shape index (κ3) is 1.73. The maximum Gasteiger partial charge on any atom is 0.200 e. The first-order valence-corrected chi connectivity index (χ1v) is 5.44. The van der Waals surface area contributed by atoms with Crippen molar-refractivity contribution in [2.24, 2.45) is 0 Å². The van der Waals surface area contributed by atoms with Gasteiger partial charge in [0.1, 0.15) is 0 Å². The number of hydrogen-bond acceptors (Lipinski definition) is 3. The third-order valence-corrected chi connectivity index (χ3v) is 2.83. The molecule has 0 aliphatic carbocycles. The van der Waals surface area contributed by atoms with E-state index in [1.807, 2.05) is 41.2 Å². The van der Waals surface area contributed by atoms with Gasteiger partial charge in [0.25, 0.3) is 0 Å².